The first-order valence-electron chi connectivity index (χ1n) is 10.7. The first kappa shape index (κ1) is 23.8. The quantitative estimate of drug-likeness (QED) is 0.283. The summed E-state index contributed by atoms with van der Waals surface area (Å²) in [5, 5.41) is 0. The first-order valence-corrected chi connectivity index (χ1v) is 12.8. The third kappa shape index (κ3) is 4.39. The monoisotopic (exact) mass is 656 g/mol. The topological polar surface area (TPSA) is 52.6 Å². The molecule has 0 saturated carbocycles. The Balaban J connectivity index is 1.99. The van der Waals surface area contributed by atoms with E-state index in [4.69, 9.17) is 15.9 Å². The number of ether oxygens (including phenoxy) is 2. The van der Waals surface area contributed by atoms with Crippen molar-refractivity contribution in [3.8, 4) is 18.1 Å². The molecule has 0 unspecified atom stereocenters. The van der Waals surface area contributed by atoms with Crippen LogP contribution >= 0.6 is 45.2 Å². The number of benzene rings is 1. The number of carbonyl (C=O) groups excluding carboxylic acids is 2. The molecule has 1 heterocycles. The van der Waals surface area contributed by atoms with E-state index in [1.807, 2.05) is 12.1 Å². The molecule has 0 N–H and O–H groups in total. The van der Waals surface area contributed by atoms with Crippen LogP contribution in [0.4, 0.5) is 0 Å². The number of hydrogen-bond donors (Lipinski definition) is 0. The summed E-state index contributed by atoms with van der Waals surface area (Å²) in [5.74, 6) is 4.18. The maximum Gasteiger partial charge on any atom is 0.163 e. The molecule has 4 nitrogen and oxygen atoms in total. The van der Waals surface area contributed by atoms with Gasteiger partial charge in [-0.05, 0) is 68.1 Å². The minimum atomic E-state index is -0.489. The Hall–Kier alpha value is -1.34. The van der Waals surface area contributed by atoms with Crippen molar-refractivity contribution in [2.75, 3.05) is 6.61 Å². The number of hydrogen-bond acceptors (Lipinski definition) is 4. The van der Waals surface area contributed by atoms with Crippen LogP contribution in [0.2, 0.25) is 0 Å². The summed E-state index contributed by atoms with van der Waals surface area (Å²) < 4.78 is 14.3. The van der Waals surface area contributed by atoms with Gasteiger partial charge in [0.25, 0.3) is 0 Å². The van der Waals surface area contributed by atoms with Gasteiger partial charge in [0, 0.05) is 46.0 Å². The van der Waals surface area contributed by atoms with Crippen molar-refractivity contribution in [2.45, 2.75) is 59.3 Å². The molecule has 0 spiro atoms. The van der Waals surface area contributed by atoms with Crippen molar-refractivity contribution in [2.24, 2.45) is 10.8 Å². The third-order valence-corrected chi connectivity index (χ3v) is 7.65. The first-order chi connectivity index (χ1) is 14.9. The molecular weight excluding hydrogens is 630 g/mol. The highest BCUT2D eigenvalue weighted by Crippen LogP contribution is 2.54. The number of Topliss-reactive ketones (excluding diaryl/α,β-unsaturated/α-hetero) is 2. The predicted molar refractivity (Wildman–Crippen MR) is 140 cm³/mol. The van der Waals surface area contributed by atoms with Crippen LogP contribution in [0, 0.1) is 30.3 Å². The zero-order valence-electron chi connectivity index (χ0n) is 18.7. The average Bonchev–Trinajstić information content (AvgIpc) is 2.63. The van der Waals surface area contributed by atoms with Crippen LogP contribution in [0.15, 0.2) is 34.8 Å². The third-order valence-electron chi connectivity index (χ3n) is 6.23. The molecule has 2 aliphatic carbocycles. The SMILES string of the molecule is C#CCOc1c(I)cc(I)cc1C1C2=C(CC(C)(C)CC2=O)OC2=C1C(=O)CC(C)(C)C2. The van der Waals surface area contributed by atoms with E-state index >= 15 is 0 Å². The summed E-state index contributed by atoms with van der Waals surface area (Å²) in [7, 11) is 0. The van der Waals surface area contributed by atoms with Crippen LogP contribution in [0.5, 0.6) is 5.75 Å². The summed E-state index contributed by atoms with van der Waals surface area (Å²) in [4.78, 5) is 27.0. The second-order valence-corrected chi connectivity index (χ2v) is 12.8. The van der Waals surface area contributed by atoms with Crippen molar-refractivity contribution in [1.29, 1.82) is 0 Å². The highest BCUT2D eigenvalue weighted by molar-refractivity contribution is 14.1. The molecule has 1 aromatic carbocycles. The maximum atomic E-state index is 13.5. The number of terminal acetylenes is 1. The van der Waals surface area contributed by atoms with Gasteiger partial charge in [0.1, 0.15) is 23.9 Å². The van der Waals surface area contributed by atoms with E-state index < -0.39 is 5.92 Å². The molecule has 0 amide bonds. The Morgan fingerprint density at radius 1 is 1.00 bits per heavy atom. The zero-order chi connectivity index (χ0) is 23.4. The van der Waals surface area contributed by atoms with Gasteiger partial charge in [-0.3, -0.25) is 9.59 Å². The van der Waals surface area contributed by atoms with Crippen LogP contribution in [0.1, 0.15) is 64.9 Å². The van der Waals surface area contributed by atoms with E-state index in [0.717, 1.165) is 12.7 Å². The van der Waals surface area contributed by atoms with Gasteiger partial charge >= 0.3 is 0 Å². The highest BCUT2D eigenvalue weighted by Gasteiger charge is 2.48. The van der Waals surface area contributed by atoms with E-state index in [2.05, 4.69) is 78.8 Å². The van der Waals surface area contributed by atoms with E-state index in [1.54, 1.807) is 0 Å². The molecule has 32 heavy (non-hydrogen) atoms. The fourth-order valence-corrected chi connectivity index (χ4v) is 7.09. The lowest BCUT2D eigenvalue weighted by molar-refractivity contribution is -0.120. The molecule has 0 atom stereocenters. The number of halogens is 2. The van der Waals surface area contributed by atoms with Crippen LogP contribution in [-0.4, -0.2) is 18.2 Å². The molecule has 0 aromatic heterocycles. The van der Waals surface area contributed by atoms with E-state index in [1.165, 1.54) is 0 Å². The van der Waals surface area contributed by atoms with Gasteiger partial charge < -0.3 is 9.47 Å². The van der Waals surface area contributed by atoms with Crippen LogP contribution in [0.25, 0.3) is 0 Å². The van der Waals surface area contributed by atoms with Crippen LogP contribution in [0.3, 0.4) is 0 Å². The lowest BCUT2D eigenvalue weighted by Gasteiger charge is -2.43. The van der Waals surface area contributed by atoms with Crippen LogP contribution < -0.4 is 4.74 Å². The lowest BCUT2D eigenvalue weighted by atomic mass is 9.65. The fraction of sp³-hybridized carbons (Fsp3) is 0.462. The molecule has 1 aromatic rings. The van der Waals surface area contributed by atoms with Crippen molar-refractivity contribution in [3.05, 3.63) is 47.5 Å². The van der Waals surface area contributed by atoms with Gasteiger partial charge in [-0.2, -0.15) is 0 Å². The molecule has 0 bridgehead atoms. The largest absolute Gasteiger partial charge is 0.480 e. The minimum absolute atomic E-state index is 0.0437. The number of allylic oxidation sites excluding steroid dienone is 4. The number of carbonyl (C=O) groups is 2. The van der Waals surface area contributed by atoms with Crippen LogP contribution in [-0.2, 0) is 14.3 Å². The van der Waals surface area contributed by atoms with E-state index in [0.29, 0.717) is 54.1 Å². The fourth-order valence-electron chi connectivity index (χ4n) is 5.05. The summed E-state index contributed by atoms with van der Waals surface area (Å²) in [5.41, 5.74) is 1.67. The molecule has 6 heteroatoms. The molecule has 0 saturated heterocycles. The summed E-state index contributed by atoms with van der Waals surface area (Å²) in [6, 6.07) is 4.03. The smallest absolute Gasteiger partial charge is 0.163 e. The summed E-state index contributed by atoms with van der Waals surface area (Å²) >= 11 is 4.50. The Morgan fingerprint density at radius 3 is 2.03 bits per heavy atom. The Bertz CT molecular complexity index is 1080. The molecule has 0 radical (unpaired) electrons. The Kier molecular flexibility index (Phi) is 6.29. The molecule has 4 rings (SSSR count). The molecule has 3 aliphatic rings. The van der Waals surface area contributed by atoms with Gasteiger partial charge in [-0.25, -0.2) is 0 Å². The van der Waals surface area contributed by atoms with Crippen molar-refractivity contribution < 1.29 is 19.1 Å². The second-order valence-electron chi connectivity index (χ2n) is 10.4. The second kappa shape index (κ2) is 8.46. The highest BCUT2D eigenvalue weighted by atomic mass is 127. The van der Waals surface area contributed by atoms with Crippen molar-refractivity contribution >= 4 is 56.7 Å². The molecule has 0 fully saturated rings. The van der Waals surface area contributed by atoms with Gasteiger partial charge in [-0.15, -0.1) is 6.42 Å². The zero-order valence-corrected chi connectivity index (χ0v) is 23.0. The summed E-state index contributed by atoms with van der Waals surface area (Å²) in [6.07, 6.45) is 7.66. The number of rotatable bonds is 3. The number of ketones is 2. The van der Waals surface area contributed by atoms with Gasteiger partial charge in [0.2, 0.25) is 0 Å². The molecular formula is C26H26I2O4. The minimum Gasteiger partial charge on any atom is -0.480 e. The Labute approximate surface area is 216 Å². The standard InChI is InChI=1S/C26H26I2O4/c1-6-7-31-24-15(8-14(27)9-16(24)28)21-22-17(29)10-25(2,3)12-19(22)32-20-13-26(4,5)11-18(30)23(20)21/h1,8-9,21H,7,10-13H2,2-5H3. The van der Waals surface area contributed by atoms with E-state index in [9.17, 15) is 9.59 Å². The van der Waals surface area contributed by atoms with Gasteiger partial charge in [0.05, 0.1) is 9.49 Å². The molecule has 1 aliphatic heterocycles. The normalized spacial score (nSPS) is 22.2. The Morgan fingerprint density at radius 2 is 1.53 bits per heavy atom. The van der Waals surface area contributed by atoms with E-state index in [-0.39, 0.29) is 29.0 Å². The van der Waals surface area contributed by atoms with Crippen molar-refractivity contribution in [1.82, 2.24) is 0 Å². The summed E-state index contributed by atoms with van der Waals surface area (Å²) in [6.45, 7) is 8.46. The molecule has 168 valence electrons. The lowest BCUT2D eigenvalue weighted by Crippen LogP contribution is -2.37. The maximum absolute atomic E-state index is 13.5. The van der Waals surface area contributed by atoms with Crippen molar-refractivity contribution in [3.63, 3.8) is 0 Å². The van der Waals surface area contributed by atoms with Gasteiger partial charge in [0.15, 0.2) is 11.6 Å². The van der Waals surface area contributed by atoms with Gasteiger partial charge in [-0.1, -0.05) is 33.6 Å². The average molecular weight is 656 g/mol. The predicted octanol–water partition coefficient (Wildman–Crippen LogP) is 6.31.